The van der Waals surface area contributed by atoms with Gasteiger partial charge in [0.2, 0.25) is 0 Å². The highest BCUT2D eigenvalue weighted by Crippen LogP contribution is 2.25. The predicted molar refractivity (Wildman–Crippen MR) is 76.5 cm³/mol. The first-order chi connectivity index (χ1) is 8.49. The number of nitrogens with zero attached hydrogens (tertiary/aromatic N) is 1. The van der Waals surface area contributed by atoms with Crippen LogP contribution in [0.15, 0.2) is 22.7 Å². The molecular formula is C13H14Br2FNO. The van der Waals surface area contributed by atoms with Crippen LogP contribution in [-0.4, -0.2) is 28.7 Å². The molecule has 2 nitrogen and oxygen atoms in total. The fourth-order valence-electron chi connectivity index (χ4n) is 2.02. The van der Waals surface area contributed by atoms with Gasteiger partial charge in [0, 0.05) is 23.5 Å². The molecule has 1 heterocycles. The number of alkyl halides is 1. The van der Waals surface area contributed by atoms with E-state index in [4.69, 9.17) is 0 Å². The summed E-state index contributed by atoms with van der Waals surface area (Å²) >= 11 is 6.67. The van der Waals surface area contributed by atoms with Crippen molar-refractivity contribution < 1.29 is 9.18 Å². The molecule has 0 saturated carbocycles. The Morgan fingerprint density at radius 1 is 1.50 bits per heavy atom. The molecule has 0 aliphatic carbocycles. The summed E-state index contributed by atoms with van der Waals surface area (Å²) in [6, 6.07) is 4.51. The van der Waals surface area contributed by atoms with Crippen molar-refractivity contribution in [3.05, 3.63) is 34.1 Å². The molecule has 1 saturated heterocycles. The highest BCUT2D eigenvalue weighted by Gasteiger charge is 2.27. The molecular weight excluding hydrogens is 365 g/mol. The van der Waals surface area contributed by atoms with Crippen LogP contribution in [0.25, 0.3) is 0 Å². The van der Waals surface area contributed by atoms with E-state index >= 15 is 0 Å². The summed E-state index contributed by atoms with van der Waals surface area (Å²) in [4.78, 5) is 14.3. The van der Waals surface area contributed by atoms with Gasteiger partial charge in [0.05, 0.1) is 4.47 Å². The number of piperidine rings is 1. The minimum atomic E-state index is -0.401. The molecule has 5 heteroatoms. The minimum Gasteiger partial charge on any atom is -0.338 e. The third kappa shape index (κ3) is 2.94. The molecule has 0 radical (unpaired) electrons. The molecule has 1 aliphatic rings. The van der Waals surface area contributed by atoms with E-state index in [1.165, 1.54) is 6.07 Å². The van der Waals surface area contributed by atoms with Gasteiger partial charge >= 0.3 is 0 Å². The van der Waals surface area contributed by atoms with E-state index < -0.39 is 5.82 Å². The van der Waals surface area contributed by atoms with Gasteiger partial charge in [-0.15, -0.1) is 0 Å². The summed E-state index contributed by atoms with van der Waals surface area (Å²) in [6.45, 7) is 3.58. The zero-order valence-electron chi connectivity index (χ0n) is 10.00. The number of carbonyl (C=O) groups is 1. The summed E-state index contributed by atoms with van der Waals surface area (Å²) in [7, 11) is 0. The maximum atomic E-state index is 13.4. The maximum absolute atomic E-state index is 13.4. The van der Waals surface area contributed by atoms with Crippen LogP contribution in [0.2, 0.25) is 0 Å². The SMILES string of the molecule is CC1CCN(C(=O)c2ccc(Br)c(F)c2)CC1Br. The highest BCUT2D eigenvalue weighted by atomic mass is 79.9. The predicted octanol–water partition coefficient (Wildman–Crippen LogP) is 3.83. The van der Waals surface area contributed by atoms with E-state index in [9.17, 15) is 9.18 Å². The topological polar surface area (TPSA) is 20.3 Å². The second-order valence-corrected chi connectivity index (χ2v) is 6.69. The summed E-state index contributed by atoms with van der Waals surface area (Å²) < 4.78 is 13.8. The minimum absolute atomic E-state index is 0.0993. The van der Waals surface area contributed by atoms with Crippen LogP contribution in [0.4, 0.5) is 4.39 Å². The molecule has 1 amide bonds. The van der Waals surface area contributed by atoms with Crippen molar-refractivity contribution in [1.29, 1.82) is 0 Å². The van der Waals surface area contributed by atoms with E-state index in [-0.39, 0.29) is 5.91 Å². The van der Waals surface area contributed by atoms with Crippen molar-refractivity contribution in [2.75, 3.05) is 13.1 Å². The van der Waals surface area contributed by atoms with E-state index in [1.807, 2.05) is 0 Å². The highest BCUT2D eigenvalue weighted by molar-refractivity contribution is 9.10. The molecule has 1 aromatic rings. The standard InChI is InChI=1S/C13H14Br2FNO/c1-8-4-5-17(7-11(8)15)13(18)9-2-3-10(14)12(16)6-9/h2-3,6,8,11H,4-5,7H2,1H3. The van der Waals surface area contributed by atoms with Gasteiger partial charge in [-0.2, -0.15) is 0 Å². The van der Waals surface area contributed by atoms with Gasteiger partial charge in [-0.05, 0) is 46.5 Å². The number of amides is 1. The van der Waals surface area contributed by atoms with Crippen molar-refractivity contribution in [1.82, 2.24) is 4.90 Å². The van der Waals surface area contributed by atoms with E-state index in [1.54, 1.807) is 17.0 Å². The van der Waals surface area contributed by atoms with E-state index in [2.05, 4.69) is 38.8 Å². The van der Waals surface area contributed by atoms with Crippen LogP contribution in [0.5, 0.6) is 0 Å². The maximum Gasteiger partial charge on any atom is 0.253 e. The molecule has 0 N–H and O–H groups in total. The smallest absolute Gasteiger partial charge is 0.253 e. The zero-order valence-corrected chi connectivity index (χ0v) is 13.2. The molecule has 18 heavy (non-hydrogen) atoms. The average Bonchev–Trinajstić information content (AvgIpc) is 2.35. The molecule has 1 aromatic carbocycles. The number of rotatable bonds is 1. The van der Waals surface area contributed by atoms with E-state index in [0.29, 0.717) is 27.3 Å². The Morgan fingerprint density at radius 2 is 2.22 bits per heavy atom. The first-order valence-corrected chi connectivity index (χ1v) is 7.58. The van der Waals surface area contributed by atoms with Crippen LogP contribution >= 0.6 is 31.9 Å². The Morgan fingerprint density at radius 3 is 2.83 bits per heavy atom. The fourth-order valence-corrected chi connectivity index (χ4v) is 2.88. The normalized spacial score (nSPS) is 24.1. The van der Waals surface area contributed by atoms with Crippen molar-refractivity contribution in [2.24, 2.45) is 5.92 Å². The summed E-state index contributed by atoms with van der Waals surface area (Å²) in [5.41, 5.74) is 0.407. The van der Waals surface area contributed by atoms with Gasteiger partial charge in [-0.1, -0.05) is 22.9 Å². The Labute approximate surface area is 123 Å². The zero-order chi connectivity index (χ0) is 13.3. The Hall–Kier alpha value is -0.420. The monoisotopic (exact) mass is 377 g/mol. The lowest BCUT2D eigenvalue weighted by Gasteiger charge is -2.34. The van der Waals surface area contributed by atoms with E-state index in [0.717, 1.165) is 13.0 Å². The lowest BCUT2D eigenvalue weighted by atomic mass is 9.98. The quantitative estimate of drug-likeness (QED) is 0.680. The van der Waals surface area contributed by atoms with Gasteiger partial charge in [-0.3, -0.25) is 4.79 Å². The van der Waals surface area contributed by atoms with Gasteiger partial charge < -0.3 is 4.90 Å². The fraction of sp³-hybridized carbons (Fsp3) is 0.462. The van der Waals surface area contributed by atoms with Gasteiger partial charge in [0.25, 0.3) is 5.91 Å². The van der Waals surface area contributed by atoms with Crippen LogP contribution in [0.3, 0.4) is 0 Å². The first-order valence-electron chi connectivity index (χ1n) is 5.87. The number of halogens is 3. The van der Waals surface area contributed by atoms with Crippen LogP contribution < -0.4 is 0 Å². The number of carbonyl (C=O) groups excluding carboxylic acids is 1. The molecule has 98 valence electrons. The molecule has 1 aliphatic heterocycles. The third-order valence-corrected chi connectivity index (χ3v) is 5.16. The molecule has 2 rings (SSSR count). The van der Waals surface area contributed by atoms with Crippen molar-refractivity contribution in [2.45, 2.75) is 18.2 Å². The molecule has 1 fully saturated rings. The molecule has 2 atom stereocenters. The second kappa shape index (κ2) is 5.70. The largest absolute Gasteiger partial charge is 0.338 e. The third-order valence-electron chi connectivity index (χ3n) is 3.32. The van der Waals surface area contributed by atoms with Crippen LogP contribution in [0, 0.1) is 11.7 Å². The molecule has 0 aromatic heterocycles. The summed E-state index contributed by atoms with van der Waals surface area (Å²) in [5, 5.41) is 0. The number of benzene rings is 1. The Bertz CT molecular complexity index is 466. The first kappa shape index (κ1) is 14.0. The molecule has 0 spiro atoms. The summed E-state index contributed by atoms with van der Waals surface area (Å²) in [5.74, 6) is 0.0649. The molecule has 0 bridgehead atoms. The Balaban J connectivity index is 2.14. The number of hydrogen-bond donors (Lipinski definition) is 0. The van der Waals surface area contributed by atoms with Crippen LogP contribution in [0.1, 0.15) is 23.7 Å². The van der Waals surface area contributed by atoms with Gasteiger partial charge in [0.1, 0.15) is 5.82 Å². The van der Waals surface area contributed by atoms with Crippen molar-refractivity contribution in [3.8, 4) is 0 Å². The average molecular weight is 379 g/mol. The molecule has 2 unspecified atom stereocenters. The number of hydrogen-bond acceptors (Lipinski definition) is 1. The van der Waals surface area contributed by atoms with Crippen LogP contribution in [-0.2, 0) is 0 Å². The lowest BCUT2D eigenvalue weighted by Crippen LogP contribution is -2.43. The van der Waals surface area contributed by atoms with Gasteiger partial charge in [0.15, 0.2) is 0 Å². The summed E-state index contributed by atoms with van der Waals surface area (Å²) in [6.07, 6.45) is 0.973. The lowest BCUT2D eigenvalue weighted by molar-refractivity contribution is 0.0705. The Kier molecular flexibility index (Phi) is 4.43. The van der Waals surface area contributed by atoms with Gasteiger partial charge in [-0.25, -0.2) is 4.39 Å². The number of likely N-dealkylation sites (tertiary alicyclic amines) is 1. The van der Waals surface area contributed by atoms with Crippen molar-refractivity contribution >= 4 is 37.8 Å². The second-order valence-electron chi connectivity index (χ2n) is 4.66. The van der Waals surface area contributed by atoms with Crippen molar-refractivity contribution in [3.63, 3.8) is 0 Å².